The summed E-state index contributed by atoms with van der Waals surface area (Å²) in [5, 5.41) is 0. The number of carbonyl (C=O) groups is 1. The Morgan fingerprint density at radius 3 is 2.56 bits per heavy atom. The minimum Gasteiger partial charge on any atom is -0.485 e. The van der Waals surface area contributed by atoms with Gasteiger partial charge in [0.2, 0.25) is 0 Å². The zero-order valence-corrected chi connectivity index (χ0v) is 20.5. The number of Topliss-reactive ketones (excluding diaryl/α,β-unsaturated/α-hetero) is 1. The standard InChI is InChI=1S/C26H26F3NO5S/c1-30-15-24-11-17-7-10-20(34-13-16-5-3-2-4-6-16)22(35-36(32,33)26(27,28)29)21(17)25(14-24)12-18(31)8-9-19(25)23(24)30/h2-7,10,19,23H,8-9,11-15H2,1H3. The minimum atomic E-state index is -5.96. The Morgan fingerprint density at radius 1 is 1.11 bits per heavy atom. The van der Waals surface area contributed by atoms with Crippen molar-refractivity contribution >= 4 is 15.9 Å². The molecule has 192 valence electrons. The van der Waals surface area contributed by atoms with E-state index in [9.17, 15) is 26.4 Å². The molecule has 6 rings (SSSR count). The van der Waals surface area contributed by atoms with Crippen LogP contribution in [0.3, 0.4) is 0 Å². The summed E-state index contributed by atoms with van der Waals surface area (Å²) in [4.78, 5) is 15.0. The molecule has 2 aromatic rings. The van der Waals surface area contributed by atoms with Crippen LogP contribution in [0, 0.1) is 11.3 Å². The van der Waals surface area contributed by atoms with Gasteiger partial charge < -0.3 is 13.8 Å². The van der Waals surface area contributed by atoms with E-state index < -0.39 is 26.8 Å². The van der Waals surface area contributed by atoms with Crippen molar-refractivity contribution in [1.82, 2.24) is 4.90 Å². The molecule has 0 N–H and O–H groups in total. The van der Waals surface area contributed by atoms with Gasteiger partial charge in [0.25, 0.3) is 0 Å². The van der Waals surface area contributed by atoms with Crippen molar-refractivity contribution in [1.29, 1.82) is 0 Å². The van der Waals surface area contributed by atoms with Gasteiger partial charge in [0.05, 0.1) is 0 Å². The van der Waals surface area contributed by atoms with E-state index in [0.29, 0.717) is 31.2 Å². The molecule has 4 aliphatic rings. The number of ketones is 1. The first-order chi connectivity index (χ1) is 17.0. The third-order valence-corrected chi connectivity index (χ3v) is 9.59. The topological polar surface area (TPSA) is 72.9 Å². The highest BCUT2D eigenvalue weighted by atomic mass is 32.2. The molecule has 2 saturated carbocycles. The normalized spacial score (nSPS) is 31.2. The first kappa shape index (κ1) is 23.8. The van der Waals surface area contributed by atoms with Crippen molar-refractivity contribution in [3.05, 3.63) is 59.2 Å². The van der Waals surface area contributed by atoms with E-state index in [2.05, 4.69) is 4.90 Å². The Morgan fingerprint density at radius 2 is 1.86 bits per heavy atom. The van der Waals surface area contributed by atoms with Gasteiger partial charge >= 0.3 is 15.6 Å². The van der Waals surface area contributed by atoms with Crippen molar-refractivity contribution in [2.45, 2.75) is 55.7 Å². The van der Waals surface area contributed by atoms with Crippen LogP contribution in [-0.4, -0.2) is 44.2 Å². The first-order valence-corrected chi connectivity index (χ1v) is 13.4. The summed E-state index contributed by atoms with van der Waals surface area (Å²) in [6, 6.07) is 12.5. The van der Waals surface area contributed by atoms with Gasteiger partial charge in [0.1, 0.15) is 12.4 Å². The van der Waals surface area contributed by atoms with Crippen LogP contribution < -0.4 is 8.92 Å². The van der Waals surface area contributed by atoms with Gasteiger partial charge in [-0.15, -0.1) is 0 Å². The zero-order valence-electron chi connectivity index (χ0n) is 19.7. The second-order valence-corrected chi connectivity index (χ2v) is 12.3. The summed E-state index contributed by atoms with van der Waals surface area (Å²) < 4.78 is 75.8. The maximum Gasteiger partial charge on any atom is 0.534 e. The molecule has 2 bridgehead atoms. The molecule has 1 heterocycles. The number of likely N-dealkylation sites (tertiary alicyclic amines) is 1. The minimum absolute atomic E-state index is 0.0205. The number of ether oxygens (including phenoxy) is 1. The van der Waals surface area contributed by atoms with Gasteiger partial charge in [0.15, 0.2) is 11.5 Å². The van der Waals surface area contributed by atoms with Crippen LogP contribution in [0.4, 0.5) is 13.2 Å². The lowest BCUT2D eigenvalue weighted by Crippen LogP contribution is -2.63. The molecule has 4 unspecified atom stereocenters. The SMILES string of the molecule is CN1CC23Cc4ccc(OCc5ccccc5)c(OS(=O)(=O)C(F)(F)F)c4C4(CC(=O)CCC4C12)C3. The molecule has 1 saturated heterocycles. The summed E-state index contributed by atoms with van der Waals surface area (Å²) in [6.45, 7) is 0.861. The molecular formula is C26H26F3NO5S. The lowest BCUT2D eigenvalue weighted by molar-refractivity contribution is -0.123. The molecule has 2 aromatic carbocycles. The summed E-state index contributed by atoms with van der Waals surface area (Å²) in [5.41, 5.74) is -4.52. The molecule has 0 amide bonds. The van der Waals surface area contributed by atoms with Crippen molar-refractivity contribution in [2.75, 3.05) is 13.6 Å². The van der Waals surface area contributed by atoms with Crippen molar-refractivity contribution in [2.24, 2.45) is 11.3 Å². The molecule has 0 aromatic heterocycles. The Labute approximate surface area is 207 Å². The molecule has 4 atom stereocenters. The van der Waals surface area contributed by atoms with E-state index in [4.69, 9.17) is 8.92 Å². The number of nitrogens with zero attached hydrogens (tertiary/aromatic N) is 1. The zero-order chi connectivity index (χ0) is 25.5. The average molecular weight is 522 g/mol. The van der Waals surface area contributed by atoms with Crippen LogP contribution >= 0.6 is 0 Å². The Bertz CT molecular complexity index is 1350. The summed E-state index contributed by atoms with van der Waals surface area (Å²) >= 11 is 0. The Balaban J connectivity index is 1.52. The van der Waals surface area contributed by atoms with E-state index in [1.807, 2.05) is 19.2 Å². The fourth-order valence-corrected chi connectivity index (χ4v) is 8.21. The second kappa shape index (κ2) is 7.71. The van der Waals surface area contributed by atoms with E-state index in [-0.39, 0.29) is 41.9 Å². The molecule has 3 fully saturated rings. The van der Waals surface area contributed by atoms with Crippen LogP contribution in [-0.2, 0) is 33.4 Å². The molecule has 1 aliphatic heterocycles. The third-order valence-electron chi connectivity index (χ3n) is 8.63. The number of rotatable bonds is 5. The highest BCUT2D eigenvalue weighted by molar-refractivity contribution is 7.88. The van der Waals surface area contributed by atoms with Crippen molar-refractivity contribution < 1.29 is 35.3 Å². The highest BCUT2D eigenvalue weighted by Gasteiger charge is 2.71. The molecule has 3 aliphatic carbocycles. The van der Waals surface area contributed by atoms with Crippen LogP contribution in [0.5, 0.6) is 11.5 Å². The summed E-state index contributed by atoms with van der Waals surface area (Å²) in [6.07, 6.45) is 2.44. The van der Waals surface area contributed by atoms with Crippen molar-refractivity contribution in [3.8, 4) is 11.5 Å². The van der Waals surface area contributed by atoms with E-state index in [0.717, 1.165) is 17.7 Å². The largest absolute Gasteiger partial charge is 0.534 e. The molecular weight excluding hydrogens is 495 g/mol. The predicted molar refractivity (Wildman–Crippen MR) is 124 cm³/mol. The lowest BCUT2D eigenvalue weighted by atomic mass is 9.59. The second-order valence-electron chi connectivity index (χ2n) is 10.8. The quantitative estimate of drug-likeness (QED) is 0.430. The van der Waals surface area contributed by atoms with Gasteiger partial charge in [0, 0.05) is 41.8 Å². The number of benzene rings is 2. The molecule has 2 spiro atoms. The Kier molecular flexibility index (Phi) is 5.09. The fourth-order valence-electron chi connectivity index (χ4n) is 7.73. The van der Waals surface area contributed by atoms with Gasteiger partial charge in [-0.05, 0) is 49.4 Å². The van der Waals surface area contributed by atoms with Gasteiger partial charge in [-0.1, -0.05) is 36.4 Å². The average Bonchev–Trinajstić information content (AvgIpc) is 2.97. The number of fused-ring (bicyclic) bond motifs is 2. The maximum absolute atomic E-state index is 13.5. The maximum atomic E-state index is 13.5. The van der Waals surface area contributed by atoms with Gasteiger partial charge in [-0.25, -0.2) is 0 Å². The van der Waals surface area contributed by atoms with Crippen molar-refractivity contribution in [3.63, 3.8) is 0 Å². The summed E-state index contributed by atoms with van der Waals surface area (Å²) in [5.74, 6) is -0.423. The predicted octanol–water partition coefficient (Wildman–Crippen LogP) is 4.36. The van der Waals surface area contributed by atoms with E-state index in [1.165, 1.54) is 6.07 Å². The fraction of sp³-hybridized carbons (Fsp3) is 0.500. The van der Waals surface area contributed by atoms with Crippen LogP contribution in [0.2, 0.25) is 0 Å². The van der Waals surface area contributed by atoms with Crippen LogP contribution in [0.15, 0.2) is 42.5 Å². The Hall–Kier alpha value is -2.59. The monoisotopic (exact) mass is 521 g/mol. The number of carbonyl (C=O) groups excluding carboxylic acids is 1. The molecule has 10 heteroatoms. The van der Waals surface area contributed by atoms with Crippen LogP contribution in [0.25, 0.3) is 0 Å². The number of hydrogen-bond donors (Lipinski definition) is 0. The third kappa shape index (κ3) is 3.33. The van der Waals surface area contributed by atoms with E-state index >= 15 is 0 Å². The van der Waals surface area contributed by atoms with E-state index in [1.54, 1.807) is 24.3 Å². The molecule has 6 nitrogen and oxygen atoms in total. The van der Waals surface area contributed by atoms with Crippen LogP contribution in [0.1, 0.15) is 42.4 Å². The first-order valence-electron chi connectivity index (χ1n) is 12.0. The van der Waals surface area contributed by atoms with Gasteiger partial charge in [-0.2, -0.15) is 21.6 Å². The highest BCUT2D eigenvalue weighted by Crippen LogP contribution is 2.71. The molecule has 0 radical (unpaired) electrons. The van der Waals surface area contributed by atoms with Gasteiger partial charge in [-0.3, -0.25) is 4.79 Å². The number of alkyl halides is 3. The lowest BCUT2D eigenvalue weighted by Gasteiger charge is -2.55. The number of hydrogen-bond acceptors (Lipinski definition) is 6. The molecule has 36 heavy (non-hydrogen) atoms. The smallest absolute Gasteiger partial charge is 0.485 e. The number of halogens is 3. The summed E-state index contributed by atoms with van der Waals surface area (Å²) in [7, 11) is -3.93.